The number of carbonyl (C=O) groups excluding carboxylic acids is 1. The fourth-order valence-electron chi connectivity index (χ4n) is 1.05. The van der Waals surface area contributed by atoms with Gasteiger partial charge in [0.25, 0.3) is 0 Å². The van der Waals surface area contributed by atoms with E-state index in [4.69, 9.17) is 0 Å². The molecule has 0 N–H and O–H groups in total. The van der Waals surface area contributed by atoms with Gasteiger partial charge in [0.05, 0.1) is 0 Å². The number of halogens is 5. The fourth-order valence-corrected chi connectivity index (χ4v) is 1.05. The van der Waals surface area contributed by atoms with Crippen LogP contribution in [0.1, 0.15) is 12.6 Å². The number of Topliss-reactive ketones (excluding diaryl/α,β-unsaturated/α-hetero) is 1. The smallest absolute Gasteiger partial charge is 0.417 e. The van der Waals surface area contributed by atoms with Crippen LogP contribution in [0.3, 0.4) is 0 Å². The quantitative estimate of drug-likeness (QED) is 0.777. The van der Waals surface area contributed by atoms with E-state index in [9.17, 15) is 26.7 Å². The molecule has 1 rings (SSSR count). The van der Waals surface area contributed by atoms with Crippen molar-refractivity contribution >= 4 is 5.78 Å². The van der Waals surface area contributed by atoms with Crippen LogP contribution in [0, 0.1) is 0 Å². The third-order valence-corrected chi connectivity index (χ3v) is 1.62. The third-order valence-electron chi connectivity index (χ3n) is 1.62. The summed E-state index contributed by atoms with van der Waals surface area (Å²) < 4.78 is 64.9. The third kappa shape index (κ3) is 3.68. The van der Waals surface area contributed by atoms with Crippen LogP contribution < -0.4 is 4.74 Å². The van der Waals surface area contributed by atoms with E-state index < -0.39 is 36.7 Å². The lowest BCUT2D eigenvalue weighted by molar-refractivity contribution is -0.141. The van der Waals surface area contributed by atoms with E-state index in [1.54, 1.807) is 0 Å². The first-order valence-corrected chi connectivity index (χ1v) is 4.29. The molecule has 1 aromatic rings. The molecule has 0 unspecified atom stereocenters. The monoisotopic (exact) mass is 258 g/mol. The average Bonchev–Trinajstić information content (AvgIpc) is 2.45. The molecule has 0 radical (unpaired) electrons. The zero-order valence-corrected chi connectivity index (χ0v) is 8.46. The normalized spacial score (nSPS) is 11.9. The number of aromatic nitrogens is 2. The summed E-state index contributed by atoms with van der Waals surface area (Å²) >= 11 is 0. The minimum Gasteiger partial charge on any atom is -0.417 e. The molecule has 0 amide bonds. The molecule has 0 bridgehead atoms. The van der Waals surface area contributed by atoms with Crippen molar-refractivity contribution in [1.29, 1.82) is 0 Å². The Morgan fingerprint density at radius 2 is 2.12 bits per heavy atom. The number of carbonyl (C=O) groups is 1. The van der Waals surface area contributed by atoms with Crippen molar-refractivity contribution < 1.29 is 31.5 Å². The maximum Gasteiger partial charge on any atom is 0.435 e. The molecule has 0 aliphatic heterocycles. The summed E-state index contributed by atoms with van der Waals surface area (Å²) in [7, 11) is 0. The molecule has 96 valence electrons. The van der Waals surface area contributed by atoms with Crippen LogP contribution in [0.4, 0.5) is 22.0 Å². The summed E-state index contributed by atoms with van der Waals surface area (Å²) in [5.41, 5.74) is -1.39. The summed E-state index contributed by atoms with van der Waals surface area (Å²) in [5.74, 6) is -1.34. The van der Waals surface area contributed by atoms with Gasteiger partial charge in [-0.05, 0) is 6.92 Å². The van der Waals surface area contributed by atoms with Gasteiger partial charge in [-0.15, -0.1) is 0 Å². The van der Waals surface area contributed by atoms with Crippen LogP contribution in [-0.4, -0.2) is 22.2 Å². The van der Waals surface area contributed by atoms with Crippen LogP contribution in [0.15, 0.2) is 6.07 Å². The van der Waals surface area contributed by atoms with E-state index in [2.05, 4.69) is 9.84 Å². The highest BCUT2D eigenvalue weighted by atomic mass is 19.4. The summed E-state index contributed by atoms with van der Waals surface area (Å²) in [6.07, 6.45) is -4.79. The summed E-state index contributed by atoms with van der Waals surface area (Å²) in [5, 5.41) is 2.99. The topological polar surface area (TPSA) is 44.1 Å². The van der Waals surface area contributed by atoms with Gasteiger partial charge in [0.2, 0.25) is 5.88 Å². The number of alkyl halides is 5. The Balaban J connectivity index is 3.07. The Morgan fingerprint density at radius 3 is 2.53 bits per heavy atom. The molecule has 9 heteroatoms. The van der Waals surface area contributed by atoms with E-state index >= 15 is 0 Å². The Hall–Kier alpha value is -1.67. The van der Waals surface area contributed by atoms with Crippen molar-refractivity contribution in [3.05, 3.63) is 11.8 Å². The second kappa shape index (κ2) is 4.68. The Morgan fingerprint density at radius 1 is 1.53 bits per heavy atom. The maximum atomic E-state index is 12.3. The van der Waals surface area contributed by atoms with Gasteiger partial charge in [0.15, 0.2) is 11.5 Å². The van der Waals surface area contributed by atoms with E-state index in [0.29, 0.717) is 10.7 Å². The minimum absolute atomic E-state index is 0.315. The molecule has 1 aromatic heterocycles. The van der Waals surface area contributed by atoms with Gasteiger partial charge >= 0.3 is 12.8 Å². The number of hydrogen-bond acceptors (Lipinski definition) is 3. The fraction of sp³-hybridized carbons (Fsp3) is 0.500. The number of ketones is 1. The second-order valence-electron chi connectivity index (χ2n) is 3.10. The Labute approximate surface area is 92.0 Å². The van der Waals surface area contributed by atoms with Crippen LogP contribution >= 0.6 is 0 Å². The SMILES string of the molecule is CC(=O)Cn1nc(C(F)(F)F)cc1OC(F)F. The molecule has 0 aliphatic carbocycles. The van der Waals surface area contributed by atoms with Crippen LogP contribution in [0.2, 0.25) is 0 Å². The van der Waals surface area contributed by atoms with Crippen molar-refractivity contribution in [3.63, 3.8) is 0 Å². The maximum absolute atomic E-state index is 12.3. The van der Waals surface area contributed by atoms with E-state index in [1.165, 1.54) is 0 Å². The minimum atomic E-state index is -4.79. The molecule has 0 saturated heterocycles. The standard InChI is InChI=1S/C8H7F5N2O2/c1-4(16)3-15-6(17-7(9)10)2-5(14-15)8(11,12)13/h2,7H,3H2,1H3. The lowest BCUT2D eigenvalue weighted by Gasteiger charge is -2.05. The number of ether oxygens (including phenoxy) is 1. The van der Waals surface area contributed by atoms with Crippen molar-refractivity contribution in [2.24, 2.45) is 0 Å². The predicted molar refractivity (Wildman–Crippen MR) is 44.5 cm³/mol. The van der Waals surface area contributed by atoms with E-state index in [1.807, 2.05) is 0 Å². The molecule has 0 aliphatic rings. The molecular formula is C8H7F5N2O2. The van der Waals surface area contributed by atoms with E-state index in [-0.39, 0.29) is 0 Å². The van der Waals surface area contributed by atoms with Gasteiger partial charge in [-0.2, -0.15) is 27.1 Å². The molecule has 0 atom stereocenters. The number of rotatable bonds is 4. The summed E-state index contributed by atoms with van der Waals surface area (Å²) in [4.78, 5) is 10.7. The lowest BCUT2D eigenvalue weighted by atomic mass is 10.4. The Bertz CT molecular complexity index is 413. The van der Waals surface area contributed by atoms with Crippen LogP contribution in [0.25, 0.3) is 0 Å². The molecule has 4 nitrogen and oxygen atoms in total. The zero-order chi connectivity index (χ0) is 13.2. The average molecular weight is 258 g/mol. The first-order chi connectivity index (χ1) is 7.70. The zero-order valence-electron chi connectivity index (χ0n) is 8.46. The highest BCUT2D eigenvalue weighted by Crippen LogP contribution is 2.31. The summed E-state index contributed by atoms with van der Waals surface area (Å²) in [6, 6.07) is 0.315. The predicted octanol–water partition coefficient (Wildman–Crippen LogP) is 2.09. The second-order valence-corrected chi connectivity index (χ2v) is 3.10. The molecule has 0 spiro atoms. The van der Waals surface area contributed by atoms with Gasteiger partial charge in [0, 0.05) is 6.07 Å². The van der Waals surface area contributed by atoms with Gasteiger partial charge in [-0.25, -0.2) is 4.68 Å². The van der Waals surface area contributed by atoms with Crippen molar-refractivity contribution in [1.82, 2.24) is 9.78 Å². The summed E-state index contributed by atoms with van der Waals surface area (Å²) in [6.45, 7) is -2.78. The van der Waals surface area contributed by atoms with Crippen LogP contribution in [-0.2, 0) is 17.5 Å². The first-order valence-electron chi connectivity index (χ1n) is 4.29. The van der Waals surface area contributed by atoms with Gasteiger partial charge in [0.1, 0.15) is 6.54 Å². The molecule has 0 fully saturated rings. The van der Waals surface area contributed by atoms with Crippen molar-refractivity contribution in [2.45, 2.75) is 26.3 Å². The molecule has 0 aromatic carbocycles. The van der Waals surface area contributed by atoms with Gasteiger partial charge in [-0.3, -0.25) is 4.79 Å². The van der Waals surface area contributed by atoms with Gasteiger partial charge in [-0.1, -0.05) is 0 Å². The highest BCUT2D eigenvalue weighted by Gasteiger charge is 2.35. The van der Waals surface area contributed by atoms with Crippen LogP contribution in [0.5, 0.6) is 5.88 Å². The molecule has 17 heavy (non-hydrogen) atoms. The van der Waals surface area contributed by atoms with Crippen molar-refractivity contribution in [2.75, 3.05) is 0 Å². The van der Waals surface area contributed by atoms with Gasteiger partial charge < -0.3 is 4.74 Å². The molecule has 1 heterocycles. The van der Waals surface area contributed by atoms with E-state index in [0.717, 1.165) is 6.92 Å². The Kier molecular flexibility index (Phi) is 3.69. The van der Waals surface area contributed by atoms with Crippen molar-refractivity contribution in [3.8, 4) is 5.88 Å². The number of hydrogen-bond donors (Lipinski definition) is 0. The molecule has 0 saturated carbocycles. The largest absolute Gasteiger partial charge is 0.435 e. The molecular weight excluding hydrogens is 251 g/mol. The first kappa shape index (κ1) is 13.4. The highest BCUT2D eigenvalue weighted by molar-refractivity contribution is 5.75. The number of nitrogens with zero attached hydrogens (tertiary/aromatic N) is 2. The lowest BCUT2D eigenvalue weighted by Crippen LogP contribution is -2.13.